The molecule has 8 heteroatoms. The Bertz CT molecular complexity index is 438. The number of amides is 1. The van der Waals surface area contributed by atoms with Crippen molar-refractivity contribution < 1.29 is 4.79 Å². The van der Waals surface area contributed by atoms with Gasteiger partial charge in [0.25, 0.3) is 0 Å². The number of nitrogens with zero attached hydrogens (tertiary/aromatic N) is 4. The molecule has 6 nitrogen and oxygen atoms in total. The maximum absolute atomic E-state index is 12.4. The highest BCUT2D eigenvalue weighted by Gasteiger charge is 2.27. The molecule has 1 amide bonds. The topological polar surface area (TPSA) is 63.1 Å². The molecule has 0 aromatic carbocycles. The van der Waals surface area contributed by atoms with E-state index in [1.165, 1.54) is 0 Å². The molecule has 0 aliphatic carbocycles. The summed E-state index contributed by atoms with van der Waals surface area (Å²) in [5.74, 6) is 2.48. The van der Waals surface area contributed by atoms with E-state index in [4.69, 9.17) is 0 Å². The SMILES string of the molecule is Cl.O=C(CC1CSCCN1)N1CCCC(n2cncn2)C1. The first kappa shape index (κ1) is 16.6. The van der Waals surface area contributed by atoms with E-state index in [-0.39, 0.29) is 24.4 Å². The van der Waals surface area contributed by atoms with Crippen molar-refractivity contribution in [2.45, 2.75) is 31.3 Å². The van der Waals surface area contributed by atoms with Crippen LogP contribution in [-0.2, 0) is 4.79 Å². The van der Waals surface area contributed by atoms with Crippen molar-refractivity contribution in [3.63, 3.8) is 0 Å². The van der Waals surface area contributed by atoms with Crippen molar-refractivity contribution in [1.29, 1.82) is 0 Å². The summed E-state index contributed by atoms with van der Waals surface area (Å²) in [7, 11) is 0. The van der Waals surface area contributed by atoms with Gasteiger partial charge in [0.05, 0.1) is 6.04 Å². The van der Waals surface area contributed by atoms with Gasteiger partial charge in [0.1, 0.15) is 12.7 Å². The van der Waals surface area contributed by atoms with E-state index >= 15 is 0 Å². The second kappa shape index (κ2) is 8.00. The summed E-state index contributed by atoms with van der Waals surface area (Å²) in [4.78, 5) is 18.4. The molecule has 1 aromatic heterocycles. The second-order valence-electron chi connectivity index (χ2n) is 5.44. The number of rotatable bonds is 3. The minimum atomic E-state index is 0. The Morgan fingerprint density at radius 2 is 2.38 bits per heavy atom. The number of carbonyl (C=O) groups excluding carboxylic acids is 1. The lowest BCUT2D eigenvalue weighted by Gasteiger charge is -2.34. The molecule has 0 radical (unpaired) electrons. The predicted octanol–water partition coefficient (Wildman–Crippen LogP) is 0.958. The van der Waals surface area contributed by atoms with Gasteiger partial charge >= 0.3 is 0 Å². The number of halogens is 1. The van der Waals surface area contributed by atoms with Gasteiger partial charge in [-0.2, -0.15) is 16.9 Å². The number of hydrogen-bond donors (Lipinski definition) is 1. The van der Waals surface area contributed by atoms with Crippen LogP contribution in [0, 0.1) is 0 Å². The van der Waals surface area contributed by atoms with Crippen molar-refractivity contribution in [3.8, 4) is 0 Å². The van der Waals surface area contributed by atoms with Crippen LogP contribution in [0.1, 0.15) is 25.3 Å². The molecule has 2 atom stereocenters. The summed E-state index contributed by atoms with van der Waals surface area (Å²) in [6.45, 7) is 2.66. The van der Waals surface area contributed by atoms with Crippen LogP contribution in [0.2, 0.25) is 0 Å². The van der Waals surface area contributed by atoms with Gasteiger partial charge in [-0.3, -0.25) is 4.79 Å². The first-order valence-electron chi connectivity index (χ1n) is 7.26. The Labute approximate surface area is 135 Å². The fourth-order valence-corrected chi connectivity index (χ4v) is 3.84. The monoisotopic (exact) mass is 331 g/mol. The molecule has 1 aromatic rings. The maximum Gasteiger partial charge on any atom is 0.224 e. The summed E-state index contributed by atoms with van der Waals surface area (Å²) >= 11 is 1.93. The lowest BCUT2D eigenvalue weighted by Crippen LogP contribution is -2.45. The number of nitrogens with one attached hydrogen (secondary N) is 1. The van der Waals surface area contributed by atoms with Crippen LogP contribution in [0.15, 0.2) is 12.7 Å². The van der Waals surface area contributed by atoms with E-state index < -0.39 is 0 Å². The number of aromatic nitrogens is 3. The highest BCUT2D eigenvalue weighted by atomic mass is 35.5. The zero-order valence-corrected chi connectivity index (χ0v) is 13.6. The van der Waals surface area contributed by atoms with Gasteiger partial charge in [-0.1, -0.05) is 0 Å². The Hall–Kier alpha value is -0.790. The number of thioether (sulfide) groups is 1. The van der Waals surface area contributed by atoms with Gasteiger partial charge in [-0.25, -0.2) is 9.67 Å². The summed E-state index contributed by atoms with van der Waals surface area (Å²) < 4.78 is 1.88. The fourth-order valence-electron chi connectivity index (χ4n) is 2.89. The van der Waals surface area contributed by atoms with Gasteiger partial charge in [-0.05, 0) is 12.8 Å². The standard InChI is InChI=1S/C13H21N5OS.ClH/c19-13(6-11-8-20-5-3-15-11)17-4-1-2-12(7-17)18-10-14-9-16-18;/h9-12,15H,1-8H2;1H. The van der Waals surface area contributed by atoms with Crippen LogP contribution in [-0.4, -0.2) is 62.8 Å². The molecule has 2 aliphatic heterocycles. The van der Waals surface area contributed by atoms with Crippen molar-refractivity contribution in [1.82, 2.24) is 25.0 Å². The third kappa shape index (κ3) is 4.34. The molecule has 3 rings (SSSR count). The molecular weight excluding hydrogens is 310 g/mol. The number of piperidine rings is 1. The van der Waals surface area contributed by atoms with Gasteiger partial charge in [0.15, 0.2) is 0 Å². The van der Waals surface area contributed by atoms with Crippen LogP contribution in [0.25, 0.3) is 0 Å². The molecule has 2 fully saturated rings. The van der Waals surface area contributed by atoms with E-state index in [0.29, 0.717) is 12.5 Å². The molecule has 0 bridgehead atoms. The van der Waals surface area contributed by atoms with Gasteiger partial charge in [0, 0.05) is 43.6 Å². The van der Waals surface area contributed by atoms with Crippen molar-refractivity contribution >= 4 is 30.1 Å². The van der Waals surface area contributed by atoms with Gasteiger partial charge in [0.2, 0.25) is 5.91 Å². The summed E-state index contributed by atoms with van der Waals surface area (Å²) in [5.41, 5.74) is 0. The zero-order chi connectivity index (χ0) is 13.8. The van der Waals surface area contributed by atoms with Crippen LogP contribution >= 0.6 is 24.2 Å². The first-order valence-corrected chi connectivity index (χ1v) is 8.41. The van der Waals surface area contributed by atoms with Crippen molar-refractivity contribution in [2.75, 3.05) is 31.1 Å². The minimum absolute atomic E-state index is 0. The Morgan fingerprint density at radius 1 is 1.48 bits per heavy atom. The molecule has 0 saturated carbocycles. The van der Waals surface area contributed by atoms with E-state index in [2.05, 4.69) is 15.4 Å². The van der Waals surface area contributed by atoms with Crippen LogP contribution in [0.5, 0.6) is 0 Å². The Balaban J connectivity index is 0.00000161. The number of hydrogen-bond acceptors (Lipinski definition) is 5. The molecule has 2 saturated heterocycles. The van der Waals surface area contributed by atoms with E-state index in [0.717, 1.165) is 44.0 Å². The quantitative estimate of drug-likeness (QED) is 0.893. The number of likely N-dealkylation sites (tertiary alicyclic amines) is 1. The normalized spacial score (nSPS) is 26.2. The van der Waals surface area contributed by atoms with Crippen molar-refractivity contribution in [2.24, 2.45) is 0 Å². The predicted molar refractivity (Wildman–Crippen MR) is 85.9 cm³/mol. The summed E-state index contributed by atoms with van der Waals surface area (Å²) in [6, 6.07) is 0.622. The van der Waals surface area contributed by atoms with Crippen LogP contribution < -0.4 is 5.32 Å². The molecule has 21 heavy (non-hydrogen) atoms. The number of carbonyl (C=O) groups is 1. The summed E-state index contributed by atoms with van der Waals surface area (Å²) in [6.07, 6.45) is 6.05. The second-order valence-corrected chi connectivity index (χ2v) is 6.59. The van der Waals surface area contributed by atoms with E-state index in [1.54, 1.807) is 12.7 Å². The molecule has 2 aliphatic rings. The fraction of sp³-hybridized carbons (Fsp3) is 0.769. The molecule has 1 N–H and O–H groups in total. The Kier molecular flexibility index (Phi) is 6.32. The van der Waals surface area contributed by atoms with E-state index in [1.807, 2.05) is 21.3 Å². The molecular formula is C13H22ClN5OS. The molecule has 2 unspecified atom stereocenters. The maximum atomic E-state index is 12.4. The highest BCUT2D eigenvalue weighted by molar-refractivity contribution is 7.99. The van der Waals surface area contributed by atoms with Crippen molar-refractivity contribution in [3.05, 3.63) is 12.7 Å². The average Bonchev–Trinajstić information content (AvgIpc) is 3.03. The molecule has 118 valence electrons. The Morgan fingerprint density at radius 3 is 3.10 bits per heavy atom. The first-order chi connectivity index (χ1) is 9.83. The lowest BCUT2D eigenvalue weighted by atomic mass is 10.0. The summed E-state index contributed by atoms with van der Waals surface area (Å²) in [5, 5.41) is 7.63. The minimum Gasteiger partial charge on any atom is -0.341 e. The van der Waals surface area contributed by atoms with Crippen LogP contribution in [0.3, 0.4) is 0 Å². The average molecular weight is 332 g/mol. The molecule has 3 heterocycles. The highest BCUT2D eigenvalue weighted by Crippen LogP contribution is 2.21. The third-order valence-electron chi connectivity index (χ3n) is 3.98. The van der Waals surface area contributed by atoms with Crippen LogP contribution in [0.4, 0.5) is 0 Å². The smallest absolute Gasteiger partial charge is 0.224 e. The van der Waals surface area contributed by atoms with Gasteiger partial charge in [-0.15, -0.1) is 12.4 Å². The van der Waals surface area contributed by atoms with E-state index in [9.17, 15) is 4.79 Å². The largest absolute Gasteiger partial charge is 0.341 e. The van der Waals surface area contributed by atoms with Gasteiger partial charge < -0.3 is 10.2 Å². The lowest BCUT2D eigenvalue weighted by molar-refractivity contribution is -0.133. The third-order valence-corrected chi connectivity index (χ3v) is 5.11. The zero-order valence-electron chi connectivity index (χ0n) is 12.0. The molecule has 0 spiro atoms.